The van der Waals surface area contributed by atoms with Gasteiger partial charge in [-0.15, -0.1) is 0 Å². The van der Waals surface area contributed by atoms with Gasteiger partial charge in [-0.05, 0) is 29.1 Å². The summed E-state index contributed by atoms with van der Waals surface area (Å²) < 4.78 is 4.33. The number of nitrogens with zero attached hydrogens (tertiary/aromatic N) is 2. The van der Waals surface area contributed by atoms with Crippen LogP contribution in [0.1, 0.15) is 37.2 Å². The van der Waals surface area contributed by atoms with Crippen molar-refractivity contribution in [3.8, 4) is 0 Å². The highest BCUT2D eigenvalue weighted by Crippen LogP contribution is 2.04. The van der Waals surface area contributed by atoms with Crippen LogP contribution in [0.25, 0.3) is 0 Å². The Morgan fingerprint density at radius 3 is 2.80 bits per heavy atom. The van der Waals surface area contributed by atoms with Crippen LogP contribution < -0.4 is 11.1 Å². The molecule has 1 aromatic rings. The van der Waals surface area contributed by atoms with Crippen LogP contribution in [-0.2, 0) is 0 Å². The third kappa shape index (κ3) is 3.57. The second-order valence-corrected chi connectivity index (χ2v) is 3.79. The van der Waals surface area contributed by atoms with E-state index >= 15 is 0 Å². The quantitative estimate of drug-likeness (QED) is 0.704. The van der Waals surface area contributed by atoms with Crippen LogP contribution in [0.15, 0.2) is 4.63 Å². The summed E-state index contributed by atoms with van der Waals surface area (Å²) in [7, 11) is 0. The van der Waals surface area contributed by atoms with E-state index in [0.29, 0.717) is 12.5 Å². The Morgan fingerprint density at radius 1 is 1.53 bits per heavy atom. The number of carbonyl (C=O) groups is 1. The lowest BCUT2D eigenvalue weighted by atomic mass is 10.1. The van der Waals surface area contributed by atoms with Crippen molar-refractivity contribution >= 4 is 11.7 Å². The van der Waals surface area contributed by atoms with Gasteiger partial charge in [-0.25, -0.2) is 4.63 Å². The van der Waals surface area contributed by atoms with E-state index in [-0.39, 0.29) is 17.4 Å². The molecule has 6 heteroatoms. The van der Waals surface area contributed by atoms with E-state index in [4.69, 9.17) is 5.73 Å². The van der Waals surface area contributed by atoms with Gasteiger partial charge in [-0.2, -0.15) is 0 Å². The largest absolute Gasteiger partial charge is 0.379 e. The molecular formula is C9H16N4O2. The minimum absolute atomic E-state index is 0.0244. The van der Waals surface area contributed by atoms with Crippen LogP contribution >= 0.6 is 0 Å². The number of amides is 1. The lowest BCUT2D eigenvalue weighted by Gasteiger charge is -2.04. The van der Waals surface area contributed by atoms with Gasteiger partial charge in [-0.3, -0.25) is 4.79 Å². The van der Waals surface area contributed by atoms with Gasteiger partial charge >= 0.3 is 0 Å². The van der Waals surface area contributed by atoms with Crippen molar-refractivity contribution in [2.75, 3.05) is 12.3 Å². The number of anilines is 1. The topological polar surface area (TPSA) is 94.0 Å². The predicted octanol–water partition coefficient (Wildman–Crippen LogP) is 0.818. The number of nitrogen functional groups attached to an aromatic ring is 1. The highest BCUT2D eigenvalue weighted by molar-refractivity contribution is 5.95. The van der Waals surface area contributed by atoms with Gasteiger partial charge in [0.25, 0.3) is 5.91 Å². The van der Waals surface area contributed by atoms with Crippen molar-refractivity contribution in [1.29, 1.82) is 0 Å². The first-order chi connectivity index (χ1) is 7.11. The van der Waals surface area contributed by atoms with Gasteiger partial charge in [0.2, 0.25) is 11.5 Å². The third-order valence-electron chi connectivity index (χ3n) is 1.97. The van der Waals surface area contributed by atoms with Crippen molar-refractivity contribution in [2.24, 2.45) is 5.92 Å². The molecular weight excluding hydrogens is 196 g/mol. The first-order valence-electron chi connectivity index (χ1n) is 4.97. The van der Waals surface area contributed by atoms with Crippen LogP contribution in [0.5, 0.6) is 0 Å². The molecule has 1 rings (SSSR count). The Morgan fingerprint density at radius 2 is 2.27 bits per heavy atom. The summed E-state index contributed by atoms with van der Waals surface area (Å²) in [4.78, 5) is 11.4. The summed E-state index contributed by atoms with van der Waals surface area (Å²) in [5.41, 5.74) is 5.42. The van der Waals surface area contributed by atoms with E-state index in [1.54, 1.807) is 0 Å². The molecule has 1 heterocycles. The number of nitrogens with one attached hydrogen (secondary N) is 1. The normalized spacial score (nSPS) is 10.6. The number of aromatic nitrogens is 2. The molecule has 1 aromatic heterocycles. The lowest BCUT2D eigenvalue weighted by molar-refractivity contribution is 0.0943. The molecule has 0 aliphatic carbocycles. The summed E-state index contributed by atoms with van der Waals surface area (Å²) in [5, 5.41) is 9.43. The van der Waals surface area contributed by atoms with E-state index in [9.17, 15) is 4.79 Å². The molecule has 0 aromatic carbocycles. The molecule has 84 valence electrons. The molecule has 0 unspecified atom stereocenters. The molecule has 0 atom stereocenters. The van der Waals surface area contributed by atoms with E-state index in [1.165, 1.54) is 0 Å². The standard InChI is InChI=1S/C9H16N4O2/c1-6(2)4-3-5-11-9(14)7-8(10)13-15-12-7/h6H,3-5H2,1-2H3,(H2,10,13)(H,11,14). The van der Waals surface area contributed by atoms with Crippen LogP contribution in [-0.4, -0.2) is 22.8 Å². The van der Waals surface area contributed by atoms with Crippen molar-refractivity contribution in [3.63, 3.8) is 0 Å². The fourth-order valence-corrected chi connectivity index (χ4v) is 1.15. The molecule has 1 amide bonds. The fraction of sp³-hybridized carbons (Fsp3) is 0.667. The van der Waals surface area contributed by atoms with Crippen molar-refractivity contribution < 1.29 is 9.42 Å². The van der Waals surface area contributed by atoms with E-state index < -0.39 is 0 Å². The number of nitrogens with two attached hydrogens (primary N) is 1. The summed E-state index contributed by atoms with van der Waals surface area (Å²) >= 11 is 0. The molecule has 15 heavy (non-hydrogen) atoms. The van der Waals surface area contributed by atoms with Crippen molar-refractivity contribution in [1.82, 2.24) is 15.6 Å². The Kier molecular flexibility index (Phi) is 4.08. The third-order valence-corrected chi connectivity index (χ3v) is 1.97. The van der Waals surface area contributed by atoms with Gasteiger partial charge in [0, 0.05) is 6.54 Å². The zero-order chi connectivity index (χ0) is 11.3. The lowest BCUT2D eigenvalue weighted by Crippen LogP contribution is -2.25. The molecule has 0 bridgehead atoms. The Bertz CT molecular complexity index is 322. The van der Waals surface area contributed by atoms with Gasteiger partial charge in [0.05, 0.1) is 0 Å². The molecule has 0 fully saturated rings. The Hall–Kier alpha value is -1.59. The van der Waals surface area contributed by atoms with E-state index in [2.05, 4.69) is 34.1 Å². The molecule has 0 aliphatic rings. The summed E-state index contributed by atoms with van der Waals surface area (Å²) in [6, 6.07) is 0. The number of carbonyl (C=O) groups excluding carboxylic acids is 1. The summed E-state index contributed by atoms with van der Waals surface area (Å²) in [5.74, 6) is 0.328. The van der Waals surface area contributed by atoms with Crippen molar-refractivity contribution in [2.45, 2.75) is 26.7 Å². The fourth-order valence-electron chi connectivity index (χ4n) is 1.15. The number of hydrogen-bond acceptors (Lipinski definition) is 5. The first kappa shape index (κ1) is 11.5. The minimum atomic E-state index is -0.336. The van der Waals surface area contributed by atoms with Gasteiger partial charge in [-0.1, -0.05) is 13.8 Å². The highest BCUT2D eigenvalue weighted by atomic mass is 16.6. The molecule has 0 saturated heterocycles. The van der Waals surface area contributed by atoms with Gasteiger partial charge < -0.3 is 11.1 Å². The molecule has 0 saturated carbocycles. The van der Waals surface area contributed by atoms with Gasteiger partial charge in [0.1, 0.15) is 0 Å². The second-order valence-electron chi connectivity index (χ2n) is 3.79. The van der Waals surface area contributed by atoms with E-state index in [0.717, 1.165) is 12.8 Å². The molecule has 0 radical (unpaired) electrons. The maximum atomic E-state index is 11.4. The van der Waals surface area contributed by atoms with Crippen LogP contribution in [0.2, 0.25) is 0 Å². The number of rotatable bonds is 5. The van der Waals surface area contributed by atoms with Crippen LogP contribution in [0.3, 0.4) is 0 Å². The molecule has 0 aliphatic heterocycles. The number of hydrogen-bond donors (Lipinski definition) is 2. The first-order valence-corrected chi connectivity index (χ1v) is 4.97. The monoisotopic (exact) mass is 212 g/mol. The second kappa shape index (κ2) is 5.33. The summed E-state index contributed by atoms with van der Waals surface area (Å²) in [6.45, 7) is 4.89. The molecule has 3 N–H and O–H groups in total. The van der Waals surface area contributed by atoms with Crippen LogP contribution in [0.4, 0.5) is 5.82 Å². The zero-order valence-electron chi connectivity index (χ0n) is 8.99. The molecule has 6 nitrogen and oxygen atoms in total. The maximum Gasteiger partial charge on any atom is 0.277 e. The SMILES string of the molecule is CC(C)CCCNC(=O)c1nonc1N. The Balaban J connectivity index is 2.28. The predicted molar refractivity (Wildman–Crippen MR) is 55.1 cm³/mol. The highest BCUT2D eigenvalue weighted by Gasteiger charge is 2.14. The Labute approximate surface area is 88.2 Å². The van der Waals surface area contributed by atoms with E-state index in [1.807, 2.05) is 0 Å². The van der Waals surface area contributed by atoms with Crippen LogP contribution in [0, 0.1) is 5.92 Å². The zero-order valence-corrected chi connectivity index (χ0v) is 8.99. The molecule has 0 spiro atoms. The average Bonchev–Trinajstić information content (AvgIpc) is 2.58. The summed E-state index contributed by atoms with van der Waals surface area (Å²) in [6.07, 6.45) is 2.02. The van der Waals surface area contributed by atoms with Gasteiger partial charge in [0.15, 0.2) is 0 Å². The average molecular weight is 212 g/mol. The van der Waals surface area contributed by atoms with Crippen molar-refractivity contribution in [3.05, 3.63) is 5.69 Å². The maximum absolute atomic E-state index is 11.4. The minimum Gasteiger partial charge on any atom is -0.379 e. The smallest absolute Gasteiger partial charge is 0.277 e.